The molecule has 0 unspecified atom stereocenters. The fourth-order valence-corrected chi connectivity index (χ4v) is 4.79. The number of carbonyl (C=O) groups excluding carboxylic acids is 3. The molecular weight excluding hydrogens is 476 g/mol. The topological polar surface area (TPSA) is 131 Å². The first-order chi connectivity index (χ1) is 17.6. The van der Waals surface area contributed by atoms with Crippen molar-refractivity contribution < 1.29 is 23.6 Å². The van der Waals surface area contributed by atoms with E-state index in [9.17, 15) is 14.4 Å². The lowest BCUT2D eigenvalue weighted by Crippen LogP contribution is -2.51. The van der Waals surface area contributed by atoms with Crippen LogP contribution in [0.5, 0.6) is 0 Å². The number of alkyl carbamates (subject to hydrolysis) is 1. The summed E-state index contributed by atoms with van der Waals surface area (Å²) in [6.07, 6.45) is 3.87. The van der Waals surface area contributed by atoms with Gasteiger partial charge in [-0.3, -0.25) is 14.6 Å². The highest BCUT2D eigenvalue weighted by atomic mass is 16.6. The Morgan fingerprint density at radius 3 is 2.81 bits per heavy atom. The average molecular weight is 513 g/mol. The highest BCUT2D eigenvalue weighted by Crippen LogP contribution is 2.32. The molecular formula is C26H36N6O5. The van der Waals surface area contributed by atoms with Crippen LogP contribution in [0.3, 0.4) is 0 Å². The minimum atomic E-state index is -0.683. The summed E-state index contributed by atoms with van der Waals surface area (Å²) in [7, 11) is 0. The summed E-state index contributed by atoms with van der Waals surface area (Å²) < 4.78 is 10.9. The van der Waals surface area contributed by atoms with E-state index in [4.69, 9.17) is 9.26 Å². The first-order valence-electron chi connectivity index (χ1n) is 12.9. The van der Waals surface area contributed by atoms with E-state index in [1.165, 1.54) is 0 Å². The summed E-state index contributed by atoms with van der Waals surface area (Å²) in [5.41, 5.74) is -0.0901. The second-order valence-corrected chi connectivity index (χ2v) is 10.9. The lowest BCUT2D eigenvalue weighted by atomic mass is 9.99. The summed E-state index contributed by atoms with van der Waals surface area (Å²) >= 11 is 0. The van der Waals surface area contributed by atoms with Gasteiger partial charge in [-0.25, -0.2) is 4.79 Å². The monoisotopic (exact) mass is 512 g/mol. The van der Waals surface area contributed by atoms with E-state index in [1.807, 2.05) is 12.1 Å². The third-order valence-electron chi connectivity index (χ3n) is 6.51. The Balaban J connectivity index is 1.46. The van der Waals surface area contributed by atoms with Crippen LogP contribution in [0.25, 0.3) is 11.5 Å². The lowest BCUT2D eigenvalue weighted by Gasteiger charge is -2.34. The van der Waals surface area contributed by atoms with Crippen molar-refractivity contribution in [3.63, 3.8) is 0 Å². The molecule has 0 aliphatic carbocycles. The van der Waals surface area contributed by atoms with Gasteiger partial charge in [-0.2, -0.15) is 4.98 Å². The first-order valence-corrected chi connectivity index (χ1v) is 12.9. The van der Waals surface area contributed by atoms with Crippen molar-refractivity contribution in [2.75, 3.05) is 19.6 Å². The third kappa shape index (κ3) is 7.05. The summed E-state index contributed by atoms with van der Waals surface area (Å²) in [5, 5.41) is 6.88. The Kier molecular flexibility index (Phi) is 8.09. The molecule has 37 heavy (non-hydrogen) atoms. The predicted octanol–water partition coefficient (Wildman–Crippen LogP) is 3.34. The molecule has 0 bridgehead atoms. The van der Waals surface area contributed by atoms with Gasteiger partial charge in [0.2, 0.25) is 23.5 Å². The molecule has 2 aliphatic rings. The van der Waals surface area contributed by atoms with E-state index in [0.29, 0.717) is 49.3 Å². The van der Waals surface area contributed by atoms with Crippen molar-refractivity contribution in [1.82, 2.24) is 30.2 Å². The highest BCUT2D eigenvalue weighted by Gasteiger charge is 2.36. The number of carbonyl (C=O) groups is 3. The molecule has 2 aromatic heterocycles. The maximum Gasteiger partial charge on any atom is 0.407 e. The Morgan fingerprint density at radius 1 is 1.27 bits per heavy atom. The fraction of sp³-hybridized carbons (Fsp3) is 0.615. The van der Waals surface area contributed by atoms with Crippen molar-refractivity contribution in [3.05, 3.63) is 30.3 Å². The van der Waals surface area contributed by atoms with Gasteiger partial charge in [0.1, 0.15) is 17.3 Å². The smallest absolute Gasteiger partial charge is 0.407 e. The van der Waals surface area contributed by atoms with Gasteiger partial charge in [-0.15, -0.1) is 0 Å². The number of aromatic nitrogens is 3. The first kappa shape index (κ1) is 26.6. The van der Waals surface area contributed by atoms with Gasteiger partial charge >= 0.3 is 6.09 Å². The molecule has 4 heterocycles. The molecule has 200 valence electrons. The van der Waals surface area contributed by atoms with Crippen LogP contribution in [0.2, 0.25) is 0 Å². The van der Waals surface area contributed by atoms with E-state index >= 15 is 0 Å². The second-order valence-electron chi connectivity index (χ2n) is 10.9. The molecule has 2 fully saturated rings. The van der Waals surface area contributed by atoms with Gasteiger partial charge in [0.25, 0.3) is 0 Å². The van der Waals surface area contributed by atoms with Crippen LogP contribution in [-0.4, -0.2) is 74.1 Å². The molecule has 3 amide bonds. The standard InChI is InChI=1S/C26H36N6O5/c1-17-10-11-21(33)31(15-17)16-18(28-25(35)36-26(2,3)4)14-22(34)32-13-7-9-20(32)24-29-23(30-37-24)19-8-5-6-12-27-19/h5-6,8,12,17-18,20H,7,9-11,13-16H2,1-4H3,(H,28,35)/t17-,18+,20+/m1/s1. The molecule has 2 aliphatic heterocycles. The Morgan fingerprint density at radius 2 is 2.08 bits per heavy atom. The zero-order valence-corrected chi connectivity index (χ0v) is 22.0. The molecule has 0 saturated carbocycles. The van der Waals surface area contributed by atoms with Crippen LogP contribution in [-0.2, 0) is 14.3 Å². The van der Waals surface area contributed by atoms with E-state index in [1.54, 1.807) is 42.8 Å². The number of amides is 3. The maximum atomic E-state index is 13.5. The highest BCUT2D eigenvalue weighted by molar-refractivity contribution is 5.80. The number of rotatable bonds is 7. The van der Waals surface area contributed by atoms with Crippen molar-refractivity contribution >= 4 is 17.9 Å². The average Bonchev–Trinajstić information content (AvgIpc) is 3.50. The molecule has 0 radical (unpaired) electrons. The van der Waals surface area contributed by atoms with Crippen molar-refractivity contribution in [3.8, 4) is 11.5 Å². The van der Waals surface area contributed by atoms with Crippen LogP contribution < -0.4 is 5.32 Å². The molecule has 2 saturated heterocycles. The van der Waals surface area contributed by atoms with Gasteiger partial charge < -0.3 is 24.4 Å². The molecule has 2 aromatic rings. The number of likely N-dealkylation sites (tertiary alicyclic amines) is 2. The van der Waals surface area contributed by atoms with Gasteiger partial charge in [0.15, 0.2) is 0 Å². The summed E-state index contributed by atoms with van der Waals surface area (Å²) in [5.74, 6) is 0.983. The molecule has 0 aromatic carbocycles. The predicted molar refractivity (Wildman–Crippen MR) is 134 cm³/mol. The molecule has 11 nitrogen and oxygen atoms in total. The van der Waals surface area contributed by atoms with Gasteiger partial charge in [0.05, 0.1) is 6.04 Å². The number of nitrogens with zero attached hydrogens (tertiary/aromatic N) is 5. The summed E-state index contributed by atoms with van der Waals surface area (Å²) in [6.45, 7) is 8.83. The Bertz CT molecular complexity index is 1100. The number of nitrogens with one attached hydrogen (secondary N) is 1. The van der Waals surface area contributed by atoms with Gasteiger partial charge in [0, 0.05) is 38.7 Å². The van der Waals surface area contributed by atoms with E-state index in [-0.39, 0.29) is 30.8 Å². The van der Waals surface area contributed by atoms with Crippen LogP contribution in [0.15, 0.2) is 28.9 Å². The van der Waals surface area contributed by atoms with E-state index < -0.39 is 17.7 Å². The Labute approximate surface area is 216 Å². The van der Waals surface area contributed by atoms with Crippen molar-refractivity contribution in [2.45, 2.75) is 77.5 Å². The quantitative estimate of drug-likeness (QED) is 0.598. The number of piperidine rings is 1. The van der Waals surface area contributed by atoms with Crippen LogP contribution in [0, 0.1) is 5.92 Å². The van der Waals surface area contributed by atoms with E-state index in [2.05, 4.69) is 27.4 Å². The third-order valence-corrected chi connectivity index (χ3v) is 6.51. The molecule has 0 spiro atoms. The number of pyridine rings is 1. The summed E-state index contributed by atoms with van der Waals surface area (Å²) in [6, 6.07) is 4.50. The molecule has 1 N–H and O–H groups in total. The van der Waals surface area contributed by atoms with Crippen LogP contribution in [0.4, 0.5) is 4.79 Å². The van der Waals surface area contributed by atoms with E-state index in [0.717, 1.165) is 12.8 Å². The SMILES string of the molecule is C[C@@H]1CCC(=O)N(C[C@H](CC(=O)N2CCC[C@H]2c2nc(-c3ccccn3)no2)NC(=O)OC(C)(C)C)C1. The van der Waals surface area contributed by atoms with Gasteiger partial charge in [-0.05, 0) is 58.1 Å². The zero-order valence-electron chi connectivity index (χ0n) is 22.0. The minimum absolute atomic E-state index is 0.0230. The zero-order chi connectivity index (χ0) is 26.6. The van der Waals surface area contributed by atoms with Gasteiger partial charge in [-0.1, -0.05) is 18.1 Å². The molecule has 3 atom stereocenters. The molecule has 11 heteroatoms. The maximum absolute atomic E-state index is 13.5. The second kappa shape index (κ2) is 11.3. The largest absolute Gasteiger partial charge is 0.444 e. The molecule has 4 rings (SSSR count). The van der Waals surface area contributed by atoms with Crippen LogP contribution >= 0.6 is 0 Å². The van der Waals surface area contributed by atoms with Crippen LogP contribution in [0.1, 0.15) is 71.7 Å². The fourth-order valence-electron chi connectivity index (χ4n) is 4.79. The van der Waals surface area contributed by atoms with Crippen molar-refractivity contribution in [2.24, 2.45) is 5.92 Å². The Hall–Kier alpha value is -3.50. The lowest BCUT2D eigenvalue weighted by molar-refractivity contribution is -0.137. The minimum Gasteiger partial charge on any atom is -0.444 e. The number of ether oxygens (including phenoxy) is 1. The normalized spacial score (nSPS) is 21.1. The van der Waals surface area contributed by atoms with Crippen molar-refractivity contribution in [1.29, 1.82) is 0 Å². The summed E-state index contributed by atoms with van der Waals surface area (Å²) in [4.78, 5) is 50.8. The number of hydrogen-bond acceptors (Lipinski definition) is 8. The number of hydrogen-bond donors (Lipinski definition) is 1.